The van der Waals surface area contributed by atoms with E-state index in [2.05, 4.69) is 5.32 Å². The second-order valence-electron chi connectivity index (χ2n) is 5.47. The highest BCUT2D eigenvalue weighted by atomic mass is 35.5. The first-order chi connectivity index (χ1) is 10.8. The molecule has 2 aromatic rings. The van der Waals surface area contributed by atoms with Crippen molar-refractivity contribution >= 4 is 23.2 Å². The van der Waals surface area contributed by atoms with Gasteiger partial charge < -0.3 is 5.32 Å². The largest absolute Gasteiger partial charge is 0.345 e. The van der Waals surface area contributed by atoms with Crippen molar-refractivity contribution < 1.29 is 9.72 Å². The van der Waals surface area contributed by atoms with Crippen LogP contribution in [0.25, 0.3) is 0 Å². The summed E-state index contributed by atoms with van der Waals surface area (Å²) in [7, 11) is 0. The second-order valence-corrected chi connectivity index (χ2v) is 5.91. The number of halogens is 1. The molecule has 5 nitrogen and oxygen atoms in total. The Morgan fingerprint density at radius 3 is 2.57 bits per heavy atom. The molecule has 1 N–H and O–H groups in total. The minimum absolute atomic E-state index is 0.00319. The lowest BCUT2D eigenvalue weighted by atomic mass is 9.99. The third-order valence-electron chi connectivity index (χ3n) is 3.65. The molecule has 0 fully saturated rings. The molecule has 0 saturated carbocycles. The third-order valence-corrected chi connectivity index (χ3v) is 3.89. The molecule has 1 atom stereocenters. The van der Waals surface area contributed by atoms with Gasteiger partial charge in [0, 0.05) is 11.1 Å². The van der Waals surface area contributed by atoms with Gasteiger partial charge in [0.2, 0.25) is 0 Å². The first-order valence-corrected chi connectivity index (χ1v) is 7.49. The van der Waals surface area contributed by atoms with Crippen LogP contribution in [0, 0.1) is 24.0 Å². The summed E-state index contributed by atoms with van der Waals surface area (Å²) in [6, 6.07) is 9.72. The van der Waals surface area contributed by atoms with Crippen LogP contribution in [0.3, 0.4) is 0 Å². The summed E-state index contributed by atoms with van der Waals surface area (Å²) < 4.78 is 0. The molecule has 23 heavy (non-hydrogen) atoms. The molecule has 120 valence electrons. The zero-order chi connectivity index (χ0) is 17.1. The van der Waals surface area contributed by atoms with Crippen LogP contribution in [-0.2, 0) is 0 Å². The summed E-state index contributed by atoms with van der Waals surface area (Å²) in [5, 5.41) is 14.1. The fourth-order valence-electron chi connectivity index (χ4n) is 2.43. The predicted octanol–water partition coefficient (Wildman–Crippen LogP) is 4.36. The van der Waals surface area contributed by atoms with Crippen molar-refractivity contribution in [1.29, 1.82) is 0 Å². The van der Waals surface area contributed by atoms with Gasteiger partial charge in [-0.25, -0.2) is 0 Å². The van der Waals surface area contributed by atoms with Gasteiger partial charge in [0.05, 0.1) is 11.0 Å². The van der Waals surface area contributed by atoms with Crippen LogP contribution in [0.15, 0.2) is 36.4 Å². The lowest BCUT2D eigenvalue weighted by molar-refractivity contribution is -0.385. The number of benzene rings is 2. The number of carbonyl (C=O) groups excluding carboxylic acids is 1. The van der Waals surface area contributed by atoms with Gasteiger partial charge in [-0.3, -0.25) is 14.9 Å². The van der Waals surface area contributed by atoms with Gasteiger partial charge in [-0.2, -0.15) is 0 Å². The van der Waals surface area contributed by atoms with E-state index in [0.29, 0.717) is 0 Å². The molecule has 0 aliphatic heterocycles. The molecule has 0 radical (unpaired) electrons. The van der Waals surface area contributed by atoms with Crippen LogP contribution in [0.1, 0.15) is 40.0 Å². The molecular formula is C17H17ClN2O3. The molecule has 0 unspecified atom stereocenters. The topological polar surface area (TPSA) is 72.2 Å². The van der Waals surface area contributed by atoms with Crippen molar-refractivity contribution in [2.75, 3.05) is 0 Å². The number of aryl methyl sites for hydroxylation is 2. The molecule has 0 aliphatic carbocycles. The summed E-state index contributed by atoms with van der Waals surface area (Å²) in [5.41, 5.74) is 2.81. The average molecular weight is 333 g/mol. The van der Waals surface area contributed by atoms with Crippen LogP contribution in [-0.4, -0.2) is 10.8 Å². The Morgan fingerprint density at radius 1 is 1.22 bits per heavy atom. The first kappa shape index (κ1) is 17.0. The molecule has 2 aromatic carbocycles. The number of amides is 1. The maximum Gasteiger partial charge on any atom is 0.283 e. The monoisotopic (exact) mass is 332 g/mol. The maximum absolute atomic E-state index is 12.4. The van der Waals surface area contributed by atoms with Crippen LogP contribution >= 0.6 is 11.6 Å². The summed E-state index contributed by atoms with van der Waals surface area (Å²) in [6.07, 6.45) is 0. The van der Waals surface area contributed by atoms with Gasteiger partial charge in [0.1, 0.15) is 5.56 Å². The molecule has 0 heterocycles. The number of nitro groups is 1. The quantitative estimate of drug-likeness (QED) is 0.668. The normalized spacial score (nSPS) is 11.8. The van der Waals surface area contributed by atoms with E-state index in [1.807, 2.05) is 39.0 Å². The third kappa shape index (κ3) is 3.87. The molecule has 1 amide bonds. The van der Waals surface area contributed by atoms with E-state index in [0.717, 1.165) is 16.7 Å². The molecular weight excluding hydrogens is 316 g/mol. The lowest BCUT2D eigenvalue weighted by Crippen LogP contribution is -2.27. The first-order valence-electron chi connectivity index (χ1n) is 7.11. The zero-order valence-corrected chi connectivity index (χ0v) is 13.8. The number of hydrogen-bond donors (Lipinski definition) is 1. The Hall–Kier alpha value is -2.40. The second kappa shape index (κ2) is 6.79. The van der Waals surface area contributed by atoms with Crippen LogP contribution in [0.2, 0.25) is 5.02 Å². The van der Waals surface area contributed by atoms with Crippen molar-refractivity contribution in [2.45, 2.75) is 26.8 Å². The van der Waals surface area contributed by atoms with Crippen molar-refractivity contribution in [2.24, 2.45) is 0 Å². The Morgan fingerprint density at radius 2 is 1.91 bits per heavy atom. The van der Waals surface area contributed by atoms with Gasteiger partial charge >= 0.3 is 0 Å². The Labute approximate surface area is 139 Å². The molecule has 0 aromatic heterocycles. The number of nitrogens with one attached hydrogen (secondary N) is 1. The summed E-state index contributed by atoms with van der Waals surface area (Å²) in [5.74, 6) is -0.498. The smallest absolute Gasteiger partial charge is 0.283 e. The van der Waals surface area contributed by atoms with E-state index in [1.165, 1.54) is 18.2 Å². The standard InChI is InChI=1S/C17H17ClN2O3/c1-10-4-5-11(2)15(8-10)12(3)19-17(21)14-7-6-13(18)9-16(14)20(22)23/h4-9,12H,1-3H3,(H,19,21)/t12-/m0/s1. The van der Waals surface area contributed by atoms with E-state index in [1.54, 1.807) is 0 Å². The summed E-state index contributed by atoms with van der Waals surface area (Å²) in [6.45, 7) is 5.78. The van der Waals surface area contributed by atoms with Gasteiger partial charge in [-0.1, -0.05) is 35.4 Å². The summed E-state index contributed by atoms with van der Waals surface area (Å²) in [4.78, 5) is 22.9. The lowest BCUT2D eigenvalue weighted by Gasteiger charge is -2.17. The SMILES string of the molecule is Cc1ccc(C)c([C@H](C)NC(=O)c2ccc(Cl)cc2[N+](=O)[O-])c1. The van der Waals surface area contributed by atoms with E-state index >= 15 is 0 Å². The van der Waals surface area contributed by atoms with Crippen molar-refractivity contribution in [3.05, 3.63) is 73.8 Å². The van der Waals surface area contributed by atoms with Crippen LogP contribution in [0.4, 0.5) is 5.69 Å². The van der Waals surface area contributed by atoms with Crippen molar-refractivity contribution in [1.82, 2.24) is 5.32 Å². The van der Waals surface area contributed by atoms with Crippen molar-refractivity contribution in [3.63, 3.8) is 0 Å². The highest BCUT2D eigenvalue weighted by Crippen LogP contribution is 2.25. The molecule has 2 rings (SSSR count). The van der Waals surface area contributed by atoms with Crippen molar-refractivity contribution in [3.8, 4) is 0 Å². The fourth-order valence-corrected chi connectivity index (χ4v) is 2.59. The van der Waals surface area contributed by atoms with Gasteiger partial charge in [-0.05, 0) is 44.0 Å². The molecule has 0 bridgehead atoms. The Balaban J connectivity index is 2.29. The predicted molar refractivity (Wildman–Crippen MR) is 89.9 cm³/mol. The maximum atomic E-state index is 12.4. The van der Waals surface area contributed by atoms with Gasteiger partial charge in [-0.15, -0.1) is 0 Å². The Bertz CT molecular complexity index is 774. The average Bonchev–Trinajstić information content (AvgIpc) is 2.49. The minimum atomic E-state index is -0.608. The molecule has 0 saturated heterocycles. The number of carbonyl (C=O) groups is 1. The highest BCUT2D eigenvalue weighted by Gasteiger charge is 2.22. The van der Waals surface area contributed by atoms with E-state index in [-0.39, 0.29) is 22.3 Å². The number of hydrogen-bond acceptors (Lipinski definition) is 3. The van der Waals surface area contributed by atoms with Gasteiger partial charge in [0.15, 0.2) is 0 Å². The minimum Gasteiger partial charge on any atom is -0.345 e. The van der Waals surface area contributed by atoms with E-state index < -0.39 is 10.8 Å². The number of nitrogens with zero attached hydrogens (tertiary/aromatic N) is 1. The van der Waals surface area contributed by atoms with Crippen LogP contribution < -0.4 is 5.32 Å². The fraction of sp³-hybridized carbons (Fsp3) is 0.235. The molecule has 0 aliphatic rings. The van der Waals surface area contributed by atoms with E-state index in [4.69, 9.17) is 11.6 Å². The van der Waals surface area contributed by atoms with Gasteiger partial charge in [0.25, 0.3) is 11.6 Å². The molecule has 6 heteroatoms. The van der Waals surface area contributed by atoms with E-state index in [9.17, 15) is 14.9 Å². The van der Waals surface area contributed by atoms with Crippen LogP contribution in [0.5, 0.6) is 0 Å². The number of nitro benzene ring substituents is 1. The zero-order valence-electron chi connectivity index (χ0n) is 13.1. The molecule has 0 spiro atoms. The summed E-state index contributed by atoms with van der Waals surface area (Å²) >= 11 is 5.77. The number of rotatable bonds is 4. The highest BCUT2D eigenvalue weighted by molar-refractivity contribution is 6.31. The Kier molecular flexibility index (Phi) is 5.01.